The highest BCUT2D eigenvalue weighted by Crippen LogP contribution is 2.49. The maximum atomic E-state index is 13.9. The standard InChI is InChI=1S/C30H28ClFN4O3S/c1-35-13-12-33-29(35)18-36(30(37)27-17-25(27)20-4-2-6-22(32)14-20)23-10-8-19-9-11-28(26(19)16-23)34-40(38,39)24-7-3-5-21(31)15-24/h2-8,10,12-16,25,27-28,34H,9,11,17-18H2,1H3/t25-,27-,28+/m0/s1. The van der Waals surface area contributed by atoms with E-state index in [0.717, 1.165) is 28.9 Å². The first-order chi connectivity index (χ1) is 19.2. The number of nitrogens with one attached hydrogen (secondary N) is 1. The first kappa shape index (κ1) is 26.7. The van der Waals surface area contributed by atoms with E-state index in [0.29, 0.717) is 23.6 Å². The quantitative estimate of drug-likeness (QED) is 0.299. The van der Waals surface area contributed by atoms with Crippen LogP contribution in [0.3, 0.4) is 0 Å². The Balaban J connectivity index is 1.30. The summed E-state index contributed by atoms with van der Waals surface area (Å²) in [7, 11) is -1.93. The molecule has 7 nitrogen and oxygen atoms in total. The summed E-state index contributed by atoms with van der Waals surface area (Å²) >= 11 is 6.04. The van der Waals surface area contributed by atoms with Gasteiger partial charge >= 0.3 is 0 Å². The van der Waals surface area contributed by atoms with Gasteiger partial charge in [-0.2, -0.15) is 0 Å². The Morgan fingerprint density at radius 1 is 1.15 bits per heavy atom. The van der Waals surface area contributed by atoms with E-state index in [9.17, 15) is 17.6 Å². The van der Waals surface area contributed by atoms with Crippen LogP contribution in [0.1, 0.15) is 47.3 Å². The second-order valence-corrected chi connectivity index (χ2v) is 12.6. The number of sulfonamides is 1. The molecule has 1 saturated carbocycles. The normalized spacial score (nSPS) is 19.8. The third-order valence-corrected chi connectivity index (χ3v) is 9.50. The zero-order valence-electron chi connectivity index (χ0n) is 21.8. The summed E-state index contributed by atoms with van der Waals surface area (Å²) in [6.07, 6.45) is 5.49. The molecule has 3 aromatic carbocycles. The molecule has 0 unspecified atom stereocenters. The first-order valence-corrected chi connectivity index (χ1v) is 15.0. The van der Waals surface area contributed by atoms with Crippen molar-refractivity contribution in [3.05, 3.63) is 112 Å². The number of amides is 1. The van der Waals surface area contributed by atoms with Gasteiger partial charge < -0.3 is 9.47 Å². The first-order valence-electron chi connectivity index (χ1n) is 13.1. The van der Waals surface area contributed by atoms with Gasteiger partial charge in [0.2, 0.25) is 15.9 Å². The lowest BCUT2D eigenvalue weighted by Gasteiger charge is -2.25. The van der Waals surface area contributed by atoms with Crippen molar-refractivity contribution in [3.8, 4) is 0 Å². The Hall–Kier alpha value is -3.53. The number of anilines is 1. The van der Waals surface area contributed by atoms with Crippen molar-refractivity contribution in [1.82, 2.24) is 14.3 Å². The van der Waals surface area contributed by atoms with Crippen LogP contribution in [-0.2, 0) is 34.8 Å². The summed E-state index contributed by atoms with van der Waals surface area (Å²) in [6, 6.07) is 17.9. The number of aryl methyl sites for hydroxylation is 2. The van der Waals surface area contributed by atoms with E-state index in [1.54, 1.807) is 29.3 Å². The summed E-state index contributed by atoms with van der Waals surface area (Å²) in [5.74, 6) is 0.0258. The van der Waals surface area contributed by atoms with Gasteiger partial charge in [0.05, 0.1) is 11.4 Å². The molecule has 4 aromatic rings. The minimum absolute atomic E-state index is 0.0428. The molecule has 2 aliphatic carbocycles. The fourth-order valence-electron chi connectivity index (χ4n) is 5.53. The monoisotopic (exact) mass is 578 g/mol. The summed E-state index contributed by atoms with van der Waals surface area (Å²) in [4.78, 5) is 20.2. The number of hydrogen-bond acceptors (Lipinski definition) is 4. The second kappa shape index (κ2) is 10.5. The van der Waals surface area contributed by atoms with E-state index >= 15 is 0 Å². The molecule has 2 aliphatic rings. The van der Waals surface area contributed by atoms with Crippen LogP contribution in [0.5, 0.6) is 0 Å². The van der Waals surface area contributed by atoms with E-state index in [1.165, 1.54) is 24.3 Å². The average Bonchev–Trinajstić information content (AvgIpc) is 3.50. The van der Waals surface area contributed by atoms with Crippen LogP contribution >= 0.6 is 11.6 Å². The number of aromatic nitrogens is 2. The molecule has 206 valence electrons. The molecule has 0 bridgehead atoms. The number of benzene rings is 3. The van der Waals surface area contributed by atoms with Crippen molar-refractivity contribution in [1.29, 1.82) is 0 Å². The van der Waals surface area contributed by atoms with Crippen LogP contribution in [-0.4, -0.2) is 23.9 Å². The van der Waals surface area contributed by atoms with E-state index < -0.39 is 16.1 Å². The molecule has 1 heterocycles. The van der Waals surface area contributed by atoms with Gasteiger partial charge in [-0.05, 0) is 84.3 Å². The highest BCUT2D eigenvalue weighted by atomic mass is 35.5. The van der Waals surface area contributed by atoms with Crippen LogP contribution in [0, 0.1) is 11.7 Å². The molecule has 0 radical (unpaired) electrons. The van der Waals surface area contributed by atoms with Gasteiger partial charge in [0.25, 0.3) is 0 Å². The Morgan fingerprint density at radius 2 is 1.98 bits per heavy atom. The lowest BCUT2D eigenvalue weighted by atomic mass is 10.1. The predicted molar refractivity (Wildman–Crippen MR) is 151 cm³/mol. The molecule has 0 spiro atoms. The van der Waals surface area contributed by atoms with Crippen molar-refractivity contribution in [2.75, 3.05) is 4.90 Å². The molecule has 6 rings (SSSR count). The molecule has 1 fully saturated rings. The summed E-state index contributed by atoms with van der Waals surface area (Å²) in [6.45, 7) is 0.256. The largest absolute Gasteiger partial charge is 0.337 e. The van der Waals surface area contributed by atoms with Crippen LogP contribution in [0.2, 0.25) is 5.02 Å². The fourth-order valence-corrected chi connectivity index (χ4v) is 7.08. The topological polar surface area (TPSA) is 84.3 Å². The van der Waals surface area contributed by atoms with Gasteiger partial charge in [-0.15, -0.1) is 0 Å². The Morgan fingerprint density at radius 3 is 2.73 bits per heavy atom. The highest BCUT2D eigenvalue weighted by molar-refractivity contribution is 7.89. The van der Waals surface area contributed by atoms with Crippen molar-refractivity contribution in [3.63, 3.8) is 0 Å². The van der Waals surface area contributed by atoms with Crippen LogP contribution in [0.25, 0.3) is 0 Å². The van der Waals surface area contributed by atoms with Crippen LogP contribution in [0.4, 0.5) is 10.1 Å². The molecule has 1 N–H and O–H groups in total. The lowest BCUT2D eigenvalue weighted by Crippen LogP contribution is -2.33. The van der Waals surface area contributed by atoms with Gasteiger partial charge in [-0.3, -0.25) is 4.79 Å². The molecule has 40 heavy (non-hydrogen) atoms. The molecule has 0 saturated heterocycles. The van der Waals surface area contributed by atoms with Gasteiger partial charge in [0.15, 0.2) is 0 Å². The number of carbonyl (C=O) groups is 1. The van der Waals surface area contributed by atoms with Crippen LogP contribution in [0.15, 0.2) is 84.0 Å². The van der Waals surface area contributed by atoms with Crippen molar-refractivity contribution in [2.24, 2.45) is 13.0 Å². The number of rotatable bonds is 8. The maximum absolute atomic E-state index is 13.9. The summed E-state index contributed by atoms with van der Waals surface area (Å²) in [5, 5.41) is 0.344. The van der Waals surface area contributed by atoms with Crippen molar-refractivity contribution < 1.29 is 17.6 Å². The molecule has 0 aliphatic heterocycles. The number of carbonyl (C=O) groups excluding carboxylic acids is 1. The number of halogens is 2. The lowest BCUT2D eigenvalue weighted by molar-refractivity contribution is -0.120. The van der Waals surface area contributed by atoms with Crippen molar-refractivity contribution >= 4 is 33.2 Å². The highest BCUT2D eigenvalue weighted by Gasteiger charge is 2.46. The molecular formula is C30H28ClFN4O3S. The third-order valence-electron chi connectivity index (χ3n) is 7.79. The predicted octanol–water partition coefficient (Wildman–Crippen LogP) is 5.52. The molecule has 1 amide bonds. The smallest absolute Gasteiger partial charge is 0.241 e. The van der Waals surface area contributed by atoms with Gasteiger partial charge in [0, 0.05) is 42.1 Å². The van der Waals surface area contributed by atoms with E-state index in [4.69, 9.17) is 11.6 Å². The average molecular weight is 579 g/mol. The van der Waals surface area contributed by atoms with Gasteiger partial charge in [-0.25, -0.2) is 22.5 Å². The molecule has 1 aromatic heterocycles. The number of imidazole rings is 1. The van der Waals surface area contributed by atoms with E-state index in [2.05, 4.69) is 9.71 Å². The number of nitrogens with zero attached hydrogens (tertiary/aromatic N) is 3. The maximum Gasteiger partial charge on any atom is 0.241 e. The Bertz CT molecular complexity index is 1710. The minimum atomic E-state index is -3.81. The van der Waals surface area contributed by atoms with Crippen LogP contribution < -0.4 is 9.62 Å². The van der Waals surface area contributed by atoms with Crippen molar-refractivity contribution in [2.45, 2.75) is 42.7 Å². The molecule has 10 heteroatoms. The Kier molecular flexibility index (Phi) is 6.98. The summed E-state index contributed by atoms with van der Waals surface area (Å²) < 4.78 is 44.8. The van der Waals surface area contributed by atoms with E-state index in [-0.39, 0.29) is 35.0 Å². The SMILES string of the molecule is Cn1ccnc1CN(C(=O)[C@H]1C[C@H]1c1cccc(F)c1)c1ccc2c(c1)[C@H](NS(=O)(=O)c1cccc(Cl)c1)CC2. The fraction of sp³-hybridized carbons (Fsp3) is 0.267. The second-order valence-electron chi connectivity index (χ2n) is 10.4. The minimum Gasteiger partial charge on any atom is -0.337 e. The zero-order chi connectivity index (χ0) is 28.0. The molecule has 3 atom stereocenters. The number of fused-ring (bicyclic) bond motifs is 1. The zero-order valence-corrected chi connectivity index (χ0v) is 23.4. The Labute approximate surface area is 237 Å². The van der Waals surface area contributed by atoms with Gasteiger partial charge in [-0.1, -0.05) is 35.9 Å². The van der Waals surface area contributed by atoms with Gasteiger partial charge in [0.1, 0.15) is 11.6 Å². The third kappa shape index (κ3) is 5.29. The summed E-state index contributed by atoms with van der Waals surface area (Å²) in [5.41, 5.74) is 3.37. The number of hydrogen-bond donors (Lipinski definition) is 1. The van der Waals surface area contributed by atoms with E-state index in [1.807, 2.05) is 42.1 Å². The molecular weight excluding hydrogens is 551 g/mol.